The van der Waals surface area contributed by atoms with Crippen molar-refractivity contribution in [2.45, 2.75) is 31.1 Å². The number of rotatable bonds is 6. The van der Waals surface area contributed by atoms with E-state index in [2.05, 4.69) is 12.2 Å². The molecule has 0 unspecified atom stereocenters. The summed E-state index contributed by atoms with van der Waals surface area (Å²) in [6, 6.07) is 4.14. The highest BCUT2D eigenvalue weighted by atomic mass is 35.5. The lowest BCUT2D eigenvalue weighted by atomic mass is 10.2. The summed E-state index contributed by atoms with van der Waals surface area (Å²) in [5.74, 6) is -0.341. The minimum Gasteiger partial charge on any atom is -0.352 e. The molecule has 6 heteroatoms. The molecule has 4 nitrogen and oxygen atoms in total. The number of amides is 1. The Balaban J connectivity index is 2.84. The van der Waals surface area contributed by atoms with Gasteiger partial charge in [-0.3, -0.25) is 4.79 Å². The Kier molecular flexibility index (Phi) is 5.82. The first-order chi connectivity index (χ1) is 8.86. The smallest absolute Gasteiger partial charge is 0.252 e. The number of carbonyl (C=O) groups is 1. The number of sulfone groups is 1. The lowest BCUT2D eigenvalue weighted by Gasteiger charge is -2.08. The third kappa shape index (κ3) is 4.84. The molecule has 19 heavy (non-hydrogen) atoms. The zero-order valence-corrected chi connectivity index (χ0v) is 12.6. The highest BCUT2D eigenvalue weighted by Crippen LogP contribution is 2.20. The second-order valence-corrected chi connectivity index (χ2v) is 6.80. The maximum absolute atomic E-state index is 11.9. The summed E-state index contributed by atoms with van der Waals surface area (Å²) in [6.45, 7) is 2.64. The average Bonchev–Trinajstić information content (AvgIpc) is 2.33. The zero-order valence-electron chi connectivity index (χ0n) is 11.1. The van der Waals surface area contributed by atoms with Crippen molar-refractivity contribution in [3.63, 3.8) is 0 Å². The van der Waals surface area contributed by atoms with Gasteiger partial charge in [-0.15, -0.1) is 0 Å². The van der Waals surface area contributed by atoms with Gasteiger partial charge in [0.1, 0.15) is 0 Å². The van der Waals surface area contributed by atoms with Gasteiger partial charge in [-0.25, -0.2) is 8.42 Å². The Morgan fingerprint density at radius 1 is 1.32 bits per heavy atom. The molecule has 0 aromatic heterocycles. The largest absolute Gasteiger partial charge is 0.352 e. The van der Waals surface area contributed by atoms with E-state index in [1.54, 1.807) is 0 Å². The van der Waals surface area contributed by atoms with Crippen molar-refractivity contribution in [3.05, 3.63) is 28.8 Å². The summed E-state index contributed by atoms with van der Waals surface area (Å²) in [5.41, 5.74) is 0.195. The maximum atomic E-state index is 11.9. The molecule has 0 saturated carbocycles. The highest BCUT2D eigenvalue weighted by Gasteiger charge is 2.14. The molecule has 0 aliphatic rings. The van der Waals surface area contributed by atoms with Crippen LogP contribution < -0.4 is 5.32 Å². The summed E-state index contributed by atoms with van der Waals surface area (Å²) in [6.07, 6.45) is 4.10. The third-order valence-electron chi connectivity index (χ3n) is 2.68. The van der Waals surface area contributed by atoms with Crippen molar-refractivity contribution >= 4 is 27.3 Å². The first kappa shape index (κ1) is 16.0. The number of unbranched alkanes of at least 4 members (excludes halogenated alkanes) is 2. The zero-order chi connectivity index (χ0) is 14.5. The molecule has 0 radical (unpaired) electrons. The van der Waals surface area contributed by atoms with E-state index < -0.39 is 9.84 Å². The first-order valence-corrected chi connectivity index (χ1v) is 8.41. The van der Waals surface area contributed by atoms with Crippen LogP contribution in [0.2, 0.25) is 5.02 Å². The van der Waals surface area contributed by atoms with E-state index in [0.29, 0.717) is 6.54 Å². The molecule has 1 aromatic carbocycles. The standard InChI is InChI=1S/C13H18ClNO3S/c1-3-4-5-8-15-13(16)11-9-10(19(2,17)18)6-7-12(11)14/h6-7,9H,3-5,8H2,1-2H3,(H,15,16). The van der Waals surface area contributed by atoms with Crippen LogP contribution >= 0.6 is 11.6 Å². The van der Waals surface area contributed by atoms with Crippen LogP contribution in [0.4, 0.5) is 0 Å². The Bertz CT molecular complexity index is 555. The van der Waals surface area contributed by atoms with Gasteiger partial charge >= 0.3 is 0 Å². The lowest BCUT2D eigenvalue weighted by molar-refractivity contribution is 0.0953. The van der Waals surface area contributed by atoms with Gasteiger partial charge in [-0.1, -0.05) is 31.4 Å². The van der Waals surface area contributed by atoms with Crippen LogP contribution in [0.3, 0.4) is 0 Å². The fraction of sp³-hybridized carbons (Fsp3) is 0.462. The number of carbonyl (C=O) groups excluding carboxylic acids is 1. The first-order valence-electron chi connectivity index (χ1n) is 6.14. The molecule has 1 N–H and O–H groups in total. The summed E-state index contributed by atoms with van der Waals surface area (Å²) in [4.78, 5) is 12.0. The van der Waals surface area contributed by atoms with Crippen molar-refractivity contribution in [2.75, 3.05) is 12.8 Å². The molecule has 0 fully saturated rings. The van der Waals surface area contributed by atoms with E-state index in [4.69, 9.17) is 11.6 Å². The summed E-state index contributed by atoms with van der Waals surface area (Å²) in [7, 11) is -3.34. The molecule has 0 aliphatic heterocycles. The molecule has 1 aromatic rings. The molecule has 1 amide bonds. The van der Waals surface area contributed by atoms with E-state index in [1.165, 1.54) is 18.2 Å². The van der Waals surface area contributed by atoms with Crippen molar-refractivity contribution in [2.24, 2.45) is 0 Å². The molecular weight excluding hydrogens is 286 g/mol. The number of halogens is 1. The number of hydrogen-bond donors (Lipinski definition) is 1. The van der Waals surface area contributed by atoms with Gasteiger partial charge in [0.05, 0.1) is 15.5 Å². The quantitative estimate of drug-likeness (QED) is 0.822. The Hall–Kier alpha value is -1.07. The van der Waals surface area contributed by atoms with E-state index >= 15 is 0 Å². The van der Waals surface area contributed by atoms with Crippen molar-refractivity contribution in [1.29, 1.82) is 0 Å². The predicted molar refractivity (Wildman–Crippen MR) is 76.4 cm³/mol. The van der Waals surface area contributed by atoms with E-state index in [1.807, 2.05) is 0 Å². The van der Waals surface area contributed by atoms with Gasteiger partial charge in [-0.2, -0.15) is 0 Å². The number of hydrogen-bond acceptors (Lipinski definition) is 3. The van der Waals surface area contributed by atoms with Gasteiger partial charge in [0.25, 0.3) is 5.91 Å². The van der Waals surface area contributed by atoms with Gasteiger partial charge < -0.3 is 5.32 Å². The normalized spacial score (nSPS) is 11.3. The maximum Gasteiger partial charge on any atom is 0.252 e. The SMILES string of the molecule is CCCCCNC(=O)c1cc(S(C)(=O)=O)ccc1Cl. The molecule has 0 bridgehead atoms. The minimum atomic E-state index is -3.34. The highest BCUT2D eigenvalue weighted by molar-refractivity contribution is 7.90. The van der Waals surface area contributed by atoms with Crippen molar-refractivity contribution in [3.8, 4) is 0 Å². The number of benzene rings is 1. The second-order valence-electron chi connectivity index (χ2n) is 4.38. The summed E-state index contributed by atoms with van der Waals surface area (Å²) < 4.78 is 22.9. The molecular formula is C13H18ClNO3S. The van der Waals surface area contributed by atoms with Crippen molar-refractivity contribution in [1.82, 2.24) is 5.32 Å². The van der Waals surface area contributed by atoms with Crippen LogP contribution in [-0.2, 0) is 9.84 Å². The second kappa shape index (κ2) is 6.91. The van der Waals surface area contributed by atoms with Crippen molar-refractivity contribution < 1.29 is 13.2 Å². The topological polar surface area (TPSA) is 63.2 Å². The van der Waals surface area contributed by atoms with Crippen LogP contribution in [-0.4, -0.2) is 27.1 Å². The molecule has 0 heterocycles. The summed E-state index contributed by atoms with van der Waals surface area (Å²) >= 11 is 5.93. The van der Waals surface area contributed by atoms with Crippen LogP contribution in [0.15, 0.2) is 23.1 Å². The van der Waals surface area contributed by atoms with E-state index in [9.17, 15) is 13.2 Å². The summed E-state index contributed by atoms with van der Waals surface area (Å²) in [5, 5.41) is 2.99. The number of nitrogens with one attached hydrogen (secondary N) is 1. The van der Waals surface area contributed by atoms with Crippen LogP contribution in [0.5, 0.6) is 0 Å². The van der Waals surface area contributed by atoms with Gasteiger partial charge in [-0.05, 0) is 24.6 Å². The van der Waals surface area contributed by atoms with Crippen LogP contribution in [0.1, 0.15) is 36.5 Å². The van der Waals surface area contributed by atoms with E-state index in [0.717, 1.165) is 25.5 Å². The molecule has 1 rings (SSSR count). The van der Waals surface area contributed by atoms with Crippen LogP contribution in [0.25, 0.3) is 0 Å². The van der Waals surface area contributed by atoms with Gasteiger partial charge in [0.15, 0.2) is 9.84 Å². The molecule has 0 saturated heterocycles. The fourth-order valence-corrected chi connectivity index (χ4v) is 2.43. The minimum absolute atomic E-state index is 0.0932. The third-order valence-corrected chi connectivity index (χ3v) is 4.12. The average molecular weight is 304 g/mol. The Labute approximate surface area is 119 Å². The lowest BCUT2D eigenvalue weighted by Crippen LogP contribution is -2.25. The Morgan fingerprint density at radius 3 is 2.58 bits per heavy atom. The predicted octanol–water partition coefficient (Wildman–Crippen LogP) is 2.66. The fourth-order valence-electron chi connectivity index (χ4n) is 1.58. The molecule has 0 spiro atoms. The van der Waals surface area contributed by atoms with Crippen LogP contribution in [0, 0.1) is 0 Å². The van der Waals surface area contributed by atoms with E-state index in [-0.39, 0.29) is 21.4 Å². The molecule has 0 atom stereocenters. The monoisotopic (exact) mass is 303 g/mol. The Morgan fingerprint density at radius 2 is 2.00 bits per heavy atom. The molecule has 106 valence electrons. The van der Waals surface area contributed by atoms with Gasteiger partial charge in [0.2, 0.25) is 0 Å². The van der Waals surface area contributed by atoms with Gasteiger partial charge in [0, 0.05) is 12.8 Å². The molecule has 0 aliphatic carbocycles.